The summed E-state index contributed by atoms with van der Waals surface area (Å²) >= 11 is 0. The van der Waals surface area contributed by atoms with Crippen molar-refractivity contribution in [3.8, 4) is 0 Å². The van der Waals surface area contributed by atoms with Gasteiger partial charge in [0.05, 0.1) is 5.54 Å². The van der Waals surface area contributed by atoms with E-state index in [2.05, 4.69) is 10.6 Å². The number of nitrogens with one attached hydrogen (secondary N) is 2. The standard InChI is InChI=1S/C15H21FN2O2/c16-13-6-3-5-12(11-13)15(7-1-2-8-15)18-14(20)17-9-4-10-19/h3,5-6,11,19H,1-2,4,7-10H2,(H2,17,18,20). The molecular weight excluding hydrogens is 259 g/mol. The lowest BCUT2D eigenvalue weighted by Crippen LogP contribution is -2.48. The third kappa shape index (κ3) is 3.48. The highest BCUT2D eigenvalue weighted by Gasteiger charge is 2.37. The van der Waals surface area contributed by atoms with Gasteiger partial charge < -0.3 is 15.7 Å². The Bertz CT molecular complexity index is 459. The van der Waals surface area contributed by atoms with E-state index >= 15 is 0 Å². The second-order valence-corrected chi connectivity index (χ2v) is 5.26. The summed E-state index contributed by atoms with van der Waals surface area (Å²) in [6, 6.07) is 6.19. The summed E-state index contributed by atoms with van der Waals surface area (Å²) in [7, 11) is 0. The van der Waals surface area contributed by atoms with Crippen LogP contribution in [0.3, 0.4) is 0 Å². The monoisotopic (exact) mass is 280 g/mol. The van der Waals surface area contributed by atoms with Crippen LogP contribution in [0.25, 0.3) is 0 Å². The molecule has 1 aromatic carbocycles. The van der Waals surface area contributed by atoms with E-state index in [1.807, 2.05) is 6.07 Å². The molecule has 4 nitrogen and oxygen atoms in total. The molecule has 1 aliphatic carbocycles. The topological polar surface area (TPSA) is 61.4 Å². The molecule has 0 atom stereocenters. The lowest BCUT2D eigenvalue weighted by Gasteiger charge is -2.31. The molecule has 0 radical (unpaired) electrons. The molecule has 2 amide bonds. The average Bonchev–Trinajstić information content (AvgIpc) is 2.89. The minimum atomic E-state index is -0.467. The number of halogens is 1. The fourth-order valence-corrected chi connectivity index (χ4v) is 2.79. The van der Waals surface area contributed by atoms with Crippen LogP contribution in [0.5, 0.6) is 0 Å². The zero-order valence-corrected chi connectivity index (χ0v) is 11.5. The van der Waals surface area contributed by atoms with Crippen LogP contribution in [0.1, 0.15) is 37.7 Å². The lowest BCUT2D eigenvalue weighted by molar-refractivity contribution is 0.222. The summed E-state index contributed by atoms with van der Waals surface area (Å²) in [4.78, 5) is 11.9. The van der Waals surface area contributed by atoms with E-state index < -0.39 is 5.54 Å². The van der Waals surface area contributed by atoms with Gasteiger partial charge in [-0.25, -0.2) is 9.18 Å². The van der Waals surface area contributed by atoms with Crippen molar-refractivity contribution in [1.29, 1.82) is 0 Å². The number of aliphatic hydroxyl groups is 1. The van der Waals surface area contributed by atoms with E-state index in [1.54, 1.807) is 6.07 Å². The van der Waals surface area contributed by atoms with E-state index in [0.717, 1.165) is 31.2 Å². The number of rotatable bonds is 5. The Morgan fingerprint density at radius 1 is 1.35 bits per heavy atom. The van der Waals surface area contributed by atoms with Crippen molar-refractivity contribution >= 4 is 6.03 Å². The number of hydrogen-bond donors (Lipinski definition) is 3. The molecule has 0 bridgehead atoms. The van der Waals surface area contributed by atoms with Crippen molar-refractivity contribution in [1.82, 2.24) is 10.6 Å². The molecular formula is C15H21FN2O2. The molecule has 5 heteroatoms. The second-order valence-electron chi connectivity index (χ2n) is 5.26. The van der Waals surface area contributed by atoms with Crippen LogP contribution in [0.4, 0.5) is 9.18 Å². The van der Waals surface area contributed by atoms with Gasteiger partial charge in [0.25, 0.3) is 0 Å². The lowest BCUT2D eigenvalue weighted by atomic mass is 9.88. The number of amides is 2. The Hall–Kier alpha value is -1.62. The summed E-state index contributed by atoms with van der Waals surface area (Å²) in [5.74, 6) is -0.281. The number of urea groups is 1. The molecule has 2 rings (SSSR count). The van der Waals surface area contributed by atoms with Crippen LogP contribution in [-0.2, 0) is 5.54 Å². The van der Waals surface area contributed by atoms with Crippen molar-refractivity contribution in [3.05, 3.63) is 35.6 Å². The molecule has 1 aliphatic rings. The van der Waals surface area contributed by atoms with Gasteiger partial charge >= 0.3 is 6.03 Å². The van der Waals surface area contributed by atoms with Crippen molar-refractivity contribution < 1.29 is 14.3 Å². The summed E-state index contributed by atoms with van der Waals surface area (Å²) < 4.78 is 13.4. The molecule has 0 saturated heterocycles. The molecule has 20 heavy (non-hydrogen) atoms. The fraction of sp³-hybridized carbons (Fsp3) is 0.533. The minimum Gasteiger partial charge on any atom is -0.396 e. The number of benzene rings is 1. The maximum Gasteiger partial charge on any atom is 0.315 e. The van der Waals surface area contributed by atoms with Crippen LogP contribution in [0, 0.1) is 5.82 Å². The van der Waals surface area contributed by atoms with E-state index in [1.165, 1.54) is 12.1 Å². The van der Waals surface area contributed by atoms with Crippen LogP contribution >= 0.6 is 0 Å². The number of carbonyl (C=O) groups excluding carboxylic acids is 1. The number of carbonyl (C=O) groups is 1. The molecule has 0 heterocycles. The third-order valence-corrected chi connectivity index (χ3v) is 3.81. The SMILES string of the molecule is O=C(NCCCO)NC1(c2cccc(F)c2)CCCC1. The zero-order valence-electron chi connectivity index (χ0n) is 11.5. The summed E-state index contributed by atoms with van der Waals surface area (Å²) in [5.41, 5.74) is 0.359. The third-order valence-electron chi connectivity index (χ3n) is 3.81. The van der Waals surface area contributed by atoms with Gasteiger partial charge in [-0.3, -0.25) is 0 Å². The first-order valence-corrected chi connectivity index (χ1v) is 7.09. The van der Waals surface area contributed by atoms with Gasteiger partial charge in [-0.15, -0.1) is 0 Å². The number of aliphatic hydroxyl groups excluding tert-OH is 1. The maximum absolute atomic E-state index is 13.4. The Labute approximate surface area is 118 Å². The highest BCUT2D eigenvalue weighted by atomic mass is 19.1. The van der Waals surface area contributed by atoms with Crippen molar-refractivity contribution in [2.45, 2.75) is 37.6 Å². The summed E-state index contributed by atoms with van der Waals surface area (Å²) in [6.45, 7) is 0.483. The molecule has 1 saturated carbocycles. The summed E-state index contributed by atoms with van der Waals surface area (Å²) in [5, 5.41) is 14.4. The Morgan fingerprint density at radius 2 is 2.10 bits per heavy atom. The van der Waals surface area contributed by atoms with Gasteiger partial charge in [0.2, 0.25) is 0 Å². The van der Waals surface area contributed by atoms with Gasteiger partial charge in [-0.1, -0.05) is 25.0 Å². The zero-order chi connectivity index (χ0) is 14.4. The van der Waals surface area contributed by atoms with Crippen LogP contribution in [-0.4, -0.2) is 24.3 Å². The Balaban J connectivity index is 2.08. The smallest absolute Gasteiger partial charge is 0.315 e. The molecule has 0 spiro atoms. The largest absolute Gasteiger partial charge is 0.396 e. The maximum atomic E-state index is 13.4. The predicted octanol–water partition coefficient (Wildman–Crippen LogP) is 2.28. The quantitative estimate of drug-likeness (QED) is 0.725. The highest BCUT2D eigenvalue weighted by molar-refractivity contribution is 5.75. The second kappa shape index (κ2) is 6.70. The fourth-order valence-electron chi connectivity index (χ4n) is 2.79. The van der Waals surface area contributed by atoms with Crippen molar-refractivity contribution in [2.75, 3.05) is 13.2 Å². The van der Waals surface area contributed by atoms with Gasteiger partial charge in [0.15, 0.2) is 0 Å². The van der Waals surface area contributed by atoms with Crippen LogP contribution < -0.4 is 10.6 Å². The number of hydrogen-bond acceptors (Lipinski definition) is 2. The first kappa shape index (κ1) is 14.8. The first-order valence-electron chi connectivity index (χ1n) is 7.09. The Kier molecular flexibility index (Phi) is 4.95. The van der Waals surface area contributed by atoms with Gasteiger partial charge in [-0.05, 0) is 37.0 Å². The van der Waals surface area contributed by atoms with E-state index in [-0.39, 0.29) is 18.5 Å². The molecule has 1 aromatic rings. The van der Waals surface area contributed by atoms with Crippen LogP contribution in [0.15, 0.2) is 24.3 Å². The molecule has 3 N–H and O–H groups in total. The molecule has 110 valence electrons. The highest BCUT2D eigenvalue weighted by Crippen LogP contribution is 2.38. The Morgan fingerprint density at radius 3 is 2.75 bits per heavy atom. The molecule has 0 aromatic heterocycles. The molecule has 0 aliphatic heterocycles. The van der Waals surface area contributed by atoms with Crippen LogP contribution in [0.2, 0.25) is 0 Å². The van der Waals surface area contributed by atoms with Gasteiger partial charge in [-0.2, -0.15) is 0 Å². The van der Waals surface area contributed by atoms with Gasteiger partial charge in [0.1, 0.15) is 5.82 Å². The van der Waals surface area contributed by atoms with E-state index in [4.69, 9.17) is 5.11 Å². The minimum absolute atomic E-state index is 0.0509. The normalized spacial score (nSPS) is 16.9. The van der Waals surface area contributed by atoms with Gasteiger partial charge in [0, 0.05) is 13.2 Å². The van der Waals surface area contributed by atoms with E-state index in [9.17, 15) is 9.18 Å². The summed E-state index contributed by atoms with van der Waals surface area (Å²) in [6.07, 6.45) is 4.22. The first-order chi connectivity index (χ1) is 9.66. The van der Waals surface area contributed by atoms with Crippen molar-refractivity contribution in [2.24, 2.45) is 0 Å². The predicted molar refractivity (Wildman–Crippen MR) is 74.8 cm³/mol. The van der Waals surface area contributed by atoms with Crippen molar-refractivity contribution in [3.63, 3.8) is 0 Å². The molecule has 1 fully saturated rings. The van der Waals surface area contributed by atoms with E-state index in [0.29, 0.717) is 13.0 Å². The average molecular weight is 280 g/mol. The molecule has 0 unspecified atom stereocenters.